The zero-order valence-electron chi connectivity index (χ0n) is 55.0. The predicted molar refractivity (Wildman–Crippen MR) is 417 cm³/mol. The van der Waals surface area contributed by atoms with Crippen LogP contribution in [-0.4, -0.2) is 0 Å². The molecule has 0 amide bonds. The Morgan fingerprint density at radius 2 is 0.521 bits per heavy atom. The lowest BCUT2D eigenvalue weighted by Gasteiger charge is -2.28. The van der Waals surface area contributed by atoms with Crippen molar-refractivity contribution in [3.63, 3.8) is 0 Å². The highest BCUT2D eigenvalue weighted by atomic mass is 15.2. The fourth-order valence-corrected chi connectivity index (χ4v) is 13.5. The molecule has 0 atom stereocenters. The fraction of sp³-hybridized carbons (Fsp3) is 0.0538. The first-order valence-electron chi connectivity index (χ1n) is 33.1. The van der Waals surface area contributed by atoms with Crippen molar-refractivity contribution in [2.24, 2.45) is 0 Å². The summed E-state index contributed by atoms with van der Waals surface area (Å²) in [4.78, 5) is 7.04. The normalized spacial score (nSPS) is 12.0. The van der Waals surface area contributed by atoms with Gasteiger partial charge in [0.2, 0.25) is 0 Å². The molecular formula is C93H75N3. The fourth-order valence-electron chi connectivity index (χ4n) is 13.5. The molecule has 0 fully saturated rings. The second-order valence-electron chi connectivity index (χ2n) is 24.7. The largest absolute Gasteiger partial charge is 0.309 e. The summed E-state index contributed by atoms with van der Waals surface area (Å²) < 4.78 is 0. The highest BCUT2D eigenvalue weighted by molar-refractivity contribution is 6.10. The Hall–Kier alpha value is -12.0. The third-order valence-corrected chi connectivity index (χ3v) is 18.3. The number of hydrogen-bond acceptors (Lipinski definition) is 3. The van der Waals surface area contributed by atoms with Crippen LogP contribution in [0.15, 0.2) is 328 Å². The third kappa shape index (κ3) is 12.9. The van der Waals surface area contributed by atoms with Crippen molar-refractivity contribution in [2.75, 3.05) is 14.7 Å². The van der Waals surface area contributed by atoms with Gasteiger partial charge in [0, 0.05) is 17.1 Å². The van der Waals surface area contributed by atoms with E-state index < -0.39 is 0 Å². The minimum atomic E-state index is 1.19. The summed E-state index contributed by atoms with van der Waals surface area (Å²) in [6, 6.07) is 116. The first kappa shape index (κ1) is 61.5. The molecule has 3 nitrogen and oxygen atoms in total. The van der Waals surface area contributed by atoms with Crippen LogP contribution < -0.4 is 14.7 Å². The van der Waals surface area contributed by atoms with Crippen LogP contribution in [0.3, 0.4) is 0 Å². The number of fused-ring (bicyclic) bond motifs is 12. The molecular weight excluding hydrogens is 1160 g/mol. The first-order valence-corrected chi connectivity index (χ1v) is 33.1. The Balaban J connectivity index is 0.000000104. The van der Waals surface area contributed by atoms with Gasteiger partial charge in [-0.05, 0) is 200 Å². The van der Waals surface area contributed by atoms with E-state index >= 15 is 0 Å². The summed E-state index contributed by atoms with van der Waals surface area (Å²) in [6.45, 7) is 10.8. The quantitative estimate of drug-likeness (QED) is 0.163. The molecule has 3 aliphatic rings. The maximum Gasteiger partial charge on any atom is 0.0534 e. The molecule has 15 aromatic carbocycles. The van der Waals surface area contributed by atoms with Crippen LogP contribution in [0.5, 0.6) is 0 Å². The molecule has 462 valence electrons. The van der Waals surface area contributed by atoms with Gasteiger partial charge in [0.1, 0.15) is 0 Å². The van der Waals surface area contributed by atoms with Gasteiger partial charge in [-0.3, -0.25) is 0 Å². The summed E-state index contributed by atoms with van der Waals surface area (Å²) >= 11 is 0. The highest BCUT2D eigenvalue weighted by Crippen LogP contribution is 2.45. The molecule has 3 heteroatoms. The molecule has 0 saturated carbocycles. The van der Waals surface area contributed by atoms with Crippen LogP contribution in [0.25, 0.3) is 79.5 Å². The number of rotatable bonds is 3. The minimum absolute atomic E-state index is 1.19. The van der Waals surface area contributed by atoms with Gasteiger partial charge in [0.05, 0.1) is 34.1 Å². The maximum atomic E-state index is 2.36. The number of hydrogen-bond donors (Lipinski definition) is 0. The Bertz CT molecular complexity index is 5220. The smallest absolute Gasteiger partial charge is 0.0534 e. The molecule has 0 N–H and O–H groups in total. The summed E-state index contributed by atoms with van der Waals surface area (Å²) in [7, 11) is 0. The Morgan fingerprint density at radius 1 is 0.177 bits per heavy atom. The molecule has 0 unspecified atom stereocenters. The molecule has 3 heterocycles. The van der Waals surface area contributed by atoms with E-state index in [9.17, 15) is 0 Å². The van der Waals surface area contributed by atoms with E-state index in [4.69, 9.17) is 0 Å². The van der Waals surface area contributed by atoms with Gasteiger partial charge in [0.15, 0.2) is 0 Å². The lowest BCUT2D eigenvalue weighted by Crippen LogP contribution is -2.12. The van der Waals surface area contributed by atoms with Gasteiger partial charge in [-0.1, -0.05) is 303 Å². The number of anilines is 9. The lowest BCUT2D eigenvalue weighted by atomic mass is 9.98. The first-order chi connectivity index (χ1) is 47.2. The van der Waals surface area contributed by atoms with E-state index in [2.05, 4.69) is 413 Å². The van der Waals surface area contributed by atoms with Crippen LogP contribution in [0.4, 0.5) is 51.2 Å². The summed E-state index contributed by atoms with van der Waals surface area (Å²) in [6.07, 6.45) is 13.2. The molecule has 3 aliphatic heterocycles. The Labute approximate surface area is 565 Å². The van der Waals surface area contributed by atoms with Gasteiger partial charge in [-0.2, -0.15) is 0 Å². The molecule has 0 spiro atoms. The molecule has 0 aromatic heterocycles. The van der Waals surface area contributed by atoms with Crippen LogP contribution in [-0.2, 0) is 0 Å². The van der Waals surface area contributed by atoms with Crippen LogP contribution >= 0.6 is 0 Å². The van der Waals surface area contributed by atoms with E-state index in [-0.39, 0.29) is 0 Å². The van der Waals surface area contributed by atoms with Crippen LogP contribution in [0.2, 0.25) is 0 Å². The minimum Gasteiger partial charge on any atom is -0.309 e. The number of nitrogens with zero attached hydrogens (tertiary/aromatic N) is 3. The number of para-hydroxylation sites is 7. The molecule has 0 saturated heterocycles. The Kier molecular flexibility index (Phi) is 18.0. The van der Waals surface area contributed by atoms with E-state index in [0.717, 1.165) is 0 Å². The van der Waals surface area contributed by atoms with Crippen molar-refractivity contribution < 1.29 is 0 Å². The van der Waals surface area contributed by atoms with Crippen molar-refractivity contribution in [1.29, 1.82) is 0 Å². The zero-order chi connectivity index (χ0) is 65.3. The molecule has 0 radical (unpaired) electrons. The van der Waals surface area contributed by atoms with E-state index in [1.807, 2.05) is 0 Å². The van der Waals surface area contributed by atoms with E-state index in [0.29, 0.717) is 0 Å². The average molecular weight is 1230 g/mol. The topological polar surface area (TPSA) is 9.72 Å². The van der Waals surface area contributed by atoms with Crippen LogP contribution in [0, 0.1) is 34.6 Å². The second kappa shape index (κ2) is 28.0. The van der Waals surface area contributed by atoms with Gasteiger partial charge in [-0.25, -0.2) is 0 Å². The monoisotopic (exact) mass is 1230 g/mol. The van der Waals surface area contributed by atoms with Gasteiger partial charge < -0.3 is 14.7 Å². The molecule has 0 aliphatic carbocycles. The molecule has 96 heavy (non-hydrogen) atoms. The van der Waals surface area contributed by atoms with Gasteiger partial charge in [0.25, 0.3) is 0 Å². The predicted octanol–water partition coefficient (Wildman–Crippen LogP) is 26.4. The molecule has 15 aromatic rings. The summed E-state index contributed by atoms with van der Waals surface area (Å²) in [5, 5.41) is 10.8. The van der Waals surface area contributed by atoms with Gasteiger partial charge >= 0.3 is 0 Å². The standard InChI is InChI=1S/3C21H17N.2C15H12/c1-16-8-2-5-11-19(16)22-20-12-6-3-9-17(20)14-15-18-10-4-7-13-21(18)22;1-16-7-6-10-19(15-16)22-20-11-4-2-8-17(20)13-14-18-9-3-5-12-21(18)22;1-16-10-14-19(15-11-16)22-20-8-4-2-6-17(20)12-13-18-7-3-5-9-21(18)22;1-11-10-12-6-2-3-8-14(12)15-9-5-4-7-13(11)15;1-11-5-4-8-15-13(11)10-9-12-6-2-3-7-14(12)15/h3*2-15H,1H3;2*2-10H,1H3. The van der Waals surface area contributed by atoms with E-state index in [1.54, 1.807) is 0 Å². The summed E-state index contributed by atoms with van der Waals surface area (Å²) in [5.74, 6) is 0. The lowest BCUT2D eigenvalue weighted by molar-refractivity contribution is 1.25. The van der Waals surface area contributed by atoms with Crippen molar-refractivity contribution >= 4 is 131 Å². The van der Waals surface area contributed by atoms with E-state index in [1.165, 1.54) is 155 Å². The average Bonchev–Trinajstić information content (AvgIpc) is 1.16. The number of aryl methyl sites for hydroxylation is 5. The van der Waals surface area contributed by atoms with Crippen molar-refractivity contribution in [1.82, 2.24) is 0 Å². The molecule has 0 bridgehead atoms. The van der Waals surface area contributed by atoms with Crippen molar-refractivity contribution in [2.45, 2.75) is 34.6 Å². The van der Waals surface area contributed by atoms with Crippen molar-refractivity contribution in [3.8, 4) is 0 Å². The highest BCUT2D eigenvalue weighted by Gasteiger charge is 2.23. The second-order valence-corrected chi connectivity index (χ2v) is 24.7. The SMILES string of the molecule is Cc1cc2ccccc2c2ccccc12.Cc1ccc(N2c3ccccc3C=Cc3ccccc32)cc1.Cc1cccc(N2c3ccccc3C=Cc3ccccc32)c1.Cc1cccc2c1ccc1ccccc12.Cc1ccccc1N1c2ccccc2C=Cc2ccccc21. The molecule has 18 rings (SSSR count). The van der Waals surface area contributed by atoms with Crippen LogP contribution in [0.1, 0.15) is 61.2 Å². The zero-order valence-corrected chi connectivity index (χ0v) is 55.0. The number of benzene rings is 15. The Morgan fingerprint density at radius 3 is 1.00 bits per heavy atom. The van der Waals surface area contributed by atoms with Gasteiger partial charge in [-0.15, -0.1) is 0 Å². The van der Waals surface area contributed by atoms with Crippen molar-refractivity contribution in [3.05, 3.63) is 389 Å². The maximum absolute atomic E-state index is 2.36. The third-order valence-electron chi connectivity index (χ3n) is 18.3. The summed E-state index contributed by atoms with van der Waals surface area (Å²) in [5.41, 5.74) is 24.9.